The number of nitrogens with zero attached hydrogens (tertiary/aromatic N) is 2. The van der Waals surface area contributed by atoms with Crippen molar-refractivity contribution in [2.45, 2.75) is 13.0 Å². The van der Waals surface area contributed by atoms with Crippen molar-refractivity contribution < 1.29 is 32.3 Å². The summed E-state index contributed by atoms with van der Waals surface area (Å²) in [5, 5.41) is 8.84. The number of carboxylic acid groups (broad SMARTS) is 1. The van der Waals surface area contributed by atoms with E-state index in [0.29, 0.717) is 12.3 Å². The summed E-state index contributed by atoms with van der Waals surface area (Å²) in [4.78, 5) is 24.7. The first kappa shape index (κ1) is 18.4. The Balaban J connectivity index is 2.04. The molecule has 0 bridgehead atoms. The Morgan fingerprint density at radius 3 is 2.67 bits per heavy atom. The Bertz CT molecular complexity index is 712. The molecule has 0 aromatic carbocycles. The van der Waals surface area contributed by atoms with Crippen LogP contribution in [0.25, 0.3) is 0 Å². The fourth-order valence-electron chi connectivity index (χ4n) is 2.41. The summed E-state index contributed by atoms with van der Waals surface area (Å²) in [6.07, 6.45) is 0.334. The minimum absolute atomic E-state index is 0.133. The van der Waals surface area contributed by atoms with E-state index in [4.69, 9.17) is 14.3 Å². The van der Waals surface area contributed by atoms with Crippen molar-refractivity contribution >= 4 is 21.9 Å². The van der Waals surface area contributed by atoms with E-state index in [1.54, 1.807) is 19.1 Å². The van der Waals surface area contributed by atoms with Gasteiger partial charge in [0.15, 0.2) is 5.76 Å². The smallest absolute Gasteiger partial charge is 0.318 e. The first-order valence-electron chi connectivity index (χ1n) is 7.31. The monoisotopic (exact) mass is 360 g/mol. The summed E-state index contributed by atoms with van der Waals surface area (Å²) in [7, 11) is -3.70. The largest absolute Gasteiger partial charge is 0.480 e. The molecule has 0 aliphatic carbocycles. The first-order chi connectivity index (χ1) is 11.2. The Labute approximate surface area is 139 Å². The van der Waals surface area contributed by atoms with Crippen LogP contribution in [0, 0.1) is 6.92 Å². The van der Waals surface area contributed by atoms with Crippen molar-refractivity contribution in [2.24, 2.45) is 0 Å². The predicted octanol–water partition coefficient (Wildman–Crippen LogP) is -0.225. The van der Waals surface area contributed by atoms with Gasteiger partial charge in [0.05, 0.1) is 19.0 Å². The van der Waals surface area contributed by atoms with Crippen molar-refractivity contribution in [3.8, 4) is 0 Å². The molecular weight excluding hydrogens is 340 g/mol. The minimum atomic E-state index is -3.70. The number of carboxylic acids is 1. The third-order valence-electron chi connectivity index (χ3n) is 3.57. The van der Waals surface area contributed by atoms with Gasteiger partial charge in [0.2, 0.25) is 10.0 Å². The zero-order valence-electron chi connectivity index (χ0n) is 13.5. The molecule has 1 aliphatic heterocycles. The SMILES string of the molecule is Cc1ccc(C(=O)N2CCO[C@@H](CN(CC(=O)O)S(C)(=O)=O)C2)o1. The second kappa shape index (κ2) is 7.32. The van der Waals surface area contributed by atoms with E-state index in [1.165, 1.54) is 4.90 Å². The Hall–Kier alpha value is -1.91. The lowest BCUT2D eigenvalue weighted by Crippen LogP contribution is -2.51. The Morgan fingerprint density at radius 2 is 2.12 bits per heavy atom. The summed E-state index contributed by atoms with van der Waals surface area (Å²) in [5.41, 5.74) is 0. The molecule has 134 valence electrons. The normalized spacial score (nSPS) is 18.8. The highest BCUT2D eigenvalue weighted by Crippen LogP contribution is 2.14. The standard InChI is InChI=1S/C14H20N2O7S/c1-10-3-4-12(23-10)14(19)15-5-6-22-11(7-15)8-16(9-13(17)18)24(2,20)21/h3-4,11H,5-9H2,1-2H3,(H,17,18)/t11-/m1/s1. The van der Waals surface area contributed by atoms with Gasteiger partial charge in [0, 0.05) is 19.6 Å². The first-order valence-corrected chi connectivity index (χ1v) is 9.16. The molecule has 10 heteroatoms. The Kier molecular flexibility index (Phi) is 5.62. The molecule has 1 aliphatic rings. The molecule has 1 fully saturated rings. The average molecular weight is 360 g/mol. The van der Waals surface area contributed by atoms with Crippen LogP contribution in [0.15, 0.2) is 16.5 Å². The van der Waals surface area contributed by atoms with Crippen molar-refractivity contribution in [1.29, 1.82) is 0 Å². The van der Waals surface area contributed by atoms with Gasteiger partial charge in [-0.1, -0.05) is 0 Å². The van der Waals surface area contributed by atoms with Gasteiger partial charge in [0.25, 0.3) is 5.91 Å². The molecule has 2 heterocycles. The number of amides is 1. The molecule has 0 spiro atoms. The number of hydrogen-bond acceptors (Lipinski definition) is 6. The number of carbonyl (C=O) groups is 2. The number of sulfonamides is 1. The molecule has 0 unspecified atom stereocenters. The van der Waals surface area contributed by atoms with Crippen molar-refractivity contribution in [2.75, 3.05) is 39.0 Å². The molecule has 0 radical (unpaired) electrons. The van der Waals surface area contributed by atoms with E-state index >= 15 is 0 Å². The van der Waals surface area contributed by atoms with E-state index in [2.05, 4.69) is 0 Å². The van der Waals surface area contributed by atoms with Crippen molar-refractivity contribution in [3.63, 3.8) is 0 Å². The number of morpholine rings is 1. The molecule has 1 aromatic heterocycles. The summed E-state index contributed by atoms with van der Waals surface area (Å²) in [6, 6.07) is 3.26. The molecule has 1 amide bonds. The maximum atomic E-state index is 12.4. The van der Waals surface area contributed by atoms with Crippen LogP contribution in [-0.2, 0) is 19.6 Å². The molecule has 1 saturated heterocycles. The van der Waals surface area contributed by atoms with Crippen LogP contribution in [0.4, 0.5) is 0 Å². The molecule has 1 aromatic rings. The van der Waals surface area contributed by atoms with Crippen LogP contribution in [-0.4, -0.2) is 79.8 Å². The van der Waals surface area contributed by atoms with E-state index in [9.17, 15) is 18.0 Å². The van der Waals surface area contributed by atoms with Gasteiger partial charge in [-0.25, -0.2) is 8.42 Å². The third kappa shape index (κ3) is 4.79. The van der Waals surface area contributed by atoms with Crippen LogP contribution in [0.2, 0.25) is 0 Å². The number of hydrogen-bond donors (Lipinski definition) is 1. The van der Waals surface area contributed by atoms with E-state index in [0.717, 1.165) is 10.6 Å². The van der Waals surface area contributed by atoms with Crippen LogP contribution >= 0.6 is 0 Å². The number of aliphatic carboxylic acids is 1. The van der Waals surface area contributed by atoms with Crippen LogP contribution in [0.1, 0.15) is 16.3 Å². The third-order valence-corrected chi connectivity index (χ3v) is 4.78. The molecular formula is C14H20N2O7S. The van der Waals surface area contributed by atoms with Gasteiger partial charge < -0.3 is 19.2 Å². The maximum Gasteiger partial charge on any atom is 0.318 e. The van der Waals surface area contributed by atoms with Gasteiger partial charge in [-0.05, 0) is 19.1 Å². The molecule has 0 saturated carbocycles. The van der Waals surface area contributed by atoms with Gasteiger partial charge >= 0.3 is 5.97 Å². The van der Waals surface area contributed by atoms with Crippen molar-refractivity contribution in [1.82, 2.24) is 9.21 Å². The zero-order chi connectivity index (χ0) is 17.9. The number of furan rings is 1. The fraction of sp³-hybridized carbons (Fsp3) is 0.571. The lowest BCUT2D eigenvalue weighted by Gasteiger charge is -2.34. The average Bonchev–Trinajstić information content (AvgIpc) is 2.91. The molecule has 1 atom stereocenters. The van der Waals surface area contributed by atoms with Gasteiger partial charge in [-0.15, -0.1) is 0 Å². The fourth-order valence-corrected chi connectivity index (χ4v) is 3.20. The minimum Gasteiger partial charge on any atom is -0.480 e. The predicted molar refractivity (Wildman–Crippen MR) is 83.1 cm³/mol. The number of carbonyl (C=O) groups excluding carboxylic acids is 1. The summed E-state index contributed by atoms with van der Waals surface area (Å²) in [5.74, 6) is -0.734. The topological polar surface area (TPSA) is 117 Å². The maximum absolute atomic E-state index is 12.4. The van der Waals surface area contributed by atoms with E-state index in [-0.39, 0.29) is 31.4 Å². The summed E-state index contributed by atoms with van der Waals surface area (Å²) in [6.45, 7) is 1.70. The van der Waals surface area contributed by atoms with Crippen LogP contribution < -0.4 is 0 Å². The van der Waals surface area contributed by atoms with E-state index < -0.39 is 28.6 Å². The number of rotatable bonds is 6. The molecule has 24 heavy (non-hydrogen) atoms. The molecule has 9 nitrogen and oxygen atoms in total. The lowest BCUT2D eigenvalue weighted by molar-refractivity contribution is -0.137. The highest BCUT2D eigenvalue weighted by atomic mass is 32.2. The highest BCUT2D eigenvalue weighted by Gasteiger charge is 2.30. The van der Waals surface area contributed by atoms with Crippen LogP contribution in [0.5, 0.6) is 0 Å². The molecule has 1 N–H and O–H groups in total. The highest BCUT2D eigenvalue weighted by molar-refractivity contribution is 7.88. The summed E-state index contributed by atoms with van der Waals surface area (Å²) >= 11 is 0. The van der Waals surface area contributed by atoms with Gasteiger partial charge in [-0.3, -0.25) is 9.59 Å². The van der Waals surface area contributed by atoms with Gasteiger partial charge in [-0.2, -0.15) is 4.31 Å². The lowest BCUT2D eigenvalue weighted by atomic mass is 10.2. The zero-order valence-corrected chi connectivity index (χ0v) is 14.3. The summed E-state index contributed by atoms with van der Waals surface area (Å²) < 4.78 is 35.0. The Morgan fingerprint density at radius 1 is 1.42 bits per heavy atom. The second-order valence-corrected chi connectivity index (χ2v) is 7.59. The van der Waals surface area contributed by atoms with E-state index in [1.807, 2.05) is 0 Å². The number of ether oxygens (including phenoxy) is 1. The molecule has 2 rings (SSSR count). The quantitative estimate of drug-likeness (QED) is 0.745. The van der Waals surface area contributed by atoms with Crippen molar-refractivity contribution in [3.05, 3.63) is 23.7 Å². The van der Waals surface area contributed by atoms with Gasteiger partial charge in [0.1, 0.15) is 12.3 Å². The number of aryl methyl sites for hydroxylation is 1. The second-order valence-electron chi connectivity index (χ2n) is 5.60. The van der Waals surface area contributed by atoms with Crippen LogP contribution in [0.3, 0.4) is 0 Å².